The molecule has 0 amide bonds. The van der Waals surface area contributed by atoms with Crippen molar-refractivity contribution in [3.63, 3.8) is 0 Å². The topological polar surface area (TPSA) is 159 Å². The van der Waals surface area contributed by atoms with Crippen molar-refractivity contribution >= 4 is 43.7 Å². The van der Waals surface area contributed by atoms with Crippen molar-refractivity contribution in [2.45, 2.75) is 11.8 Å². The number of hydrogen-bond donors (Lipinski definition) is 4. The number of anilines is 2. The van der Waals surface area contributed by atoms with Gasteiger partial charge >= 0.3 is 0 Å². The van der Waals surface area contributed by atoms with Crippen molar-refractivity contribution in [1.82, 2.24) is 4.98 Å². The van der Waals surface area contributed by atoms with Crippen LogP contribution in [0.25, 0.3) is 22.0 Å². The molecule has 0 atom stereocenters. The molecule has 1 aromatic heterocycles. The molecule has 5 N–H and O–H groups in total. The number of rotatable bonds is 7. The van der Waals surface area contributed by atoms with E-state index in [0.717, 1.165) is 0 Å². The van der Waals surface area contributed by atoms with Gasteiger partial charge in [0.2, 0.25) is 0 Å². The third-order valence-corrected chi connectivity index (χ3v) is 5.99. The molecule has 0 radical (unpaired) electrons. The zero-order valence-electron chi connectivity index (χ0n) is 17.9. The average molecular weight is 477 g/mol. The lowest BCUT2D eigenvalue weighted by molar-refractivity contribution is 0.101. The molecule has 1 heterocycles. The van der Waals surface area contributed by atoms with Crippen LogP contribution >= 0.6 is 0 Å². The first-order chi connectivity index (χ1) is 16.3. The maximum Gasteiger partial charge on any atom is 0.295 e. The number of nitrogens with two attached hydrogens (primary N) is 1. The van der Waals surface area contributed by atoms with E-state index in [1.807, 2.05) is 12.1 Å². The van der Waals surface area contributed by atoms with Gasteiger partial charge in [-0.3, -0.25) is 25.2 Å². The Morgan fingerprint density at radius 2 is 1.71 bits per heavy atom. The first-order valence-electron chi connectivity index (χ1n) is 10.0. The van der Waals surface area contributed by atoms with Gasteiger partial charge in [-0.25, -0.2) is 0 Å². The van der Waals surface area contributed by atoms with E-state index in [9.17, 15) is 17.8 Å². The van der Waals surface area contributed by atoms with E-state index >= 15 is 0 Å². The van der Waals surface area contributed by atoms with Crippen LogP contribution in [0.15, 0.2) is 88.2 Å². The summed E-state index contributed by atoms with van der Waals surface area (Å²) in [5, 5.41) is 7.96. The molecule has 3 aromatic carbocycles. The number of pyridine rings is 1. The molecule has 0 saturated carbocycles. The summed E-state index contributed by atoms with van der Waals surface area (Å²) in [6, 6.07) is 18.4. The summed E-state index contributed by atoms with van der Waals surface area (Å²) in [6.45, 7) is 1.50. The van der Waals surface area contributed by atoms with Crippen molar-refractivity contribution in [3.8, 4) is 11.3 Å². The number of Topliss-reactive ketones (excluding diaryl/α,β-unsaturated/α-hetero) is 1. The van der Waals surface area contributed by atoms with Crippen molar-refractivity contribution < 1.29 is 17.8 Å². The fourth-order valence-corrected chi connectivity index (χ4v) is 4.30. The summed E-state index contributed by atoms with van der Waals surface area (Å²) in [7, 11) is -4.53. The van der Waals surface area contributed by atoms with E-state index in [2.05, 4.69) is 26.2 Å². The third-order valence-electron chi connectivity index (χ3n) is 5.10. The maximum absolute atomic E-state index is 12.0. The second-order valence-corrected chi connectivity index (χ2v) is 8.68. The van der Waals surface area contributed by atoms with Gasteiger partial charge in [0.05, 0.1) is 23.3 Å². The predicted octanol–water partition coefficient (Wildman–Crippen LogP) is 4.75. The van der Waals surface area contributed by atoms with E-state index in [1.165, 1.54) is 13.0 Å². The van der Waals surface area contributed by atoms with E-state index < -0.39 is 10.1 Å². The summed E-state index contributed by atoms with van der Waals surface area (Å²) in [5.41, 5.74) is 8.74. The van der Waals surface area contributed by atoms with Gasteiger partial charge in [0, 0.05) is 21.9 Å². The fraction of sp³-hybridized carbons (Fsp3) is 0.0435. The van der Waals surface area contributed by atoms with Crippen LogP contribution in [0.1, 0.15) is 17.3 Å². The molecule has 4 rings (SSSR count). The molecule has 0 unspecified atom stereocenters. The molecule has 11 heteroatoms. The van der Waals surface area contributed by atoms with Gasteiger partial charge in [0.25, 0.3) is 10.1 Å². The molecule has 0 fully saturated rings. The van der Waals surface area contributed by atoms with Gasteiger partial charge in [-0.15, -0.1) is 5.11 Å². The molecular weight excluding hydrogens is 456 g/mol. The Bertz CT molecular complexity index is 1520. The van der Waals surface area contributed by atoms with E-state index in [4.69, 9.17) is 5.84 Å². The number of aromatic nitrogens is 1. The number of ketones is 1. The first kappa shape index (κ1) is 22.8. The molecule has 0 saturated heterocycles. The molecule has 10 nitrogen and oxygen atoms in total. The third kappa shape index (κ3) is 4.56. The largest absolute Gasteiger partial charge is 0.305 e. The average Bonchev–Trinajstić information content (AvgIpc) is 2.83. The Morgan fingerprint density at radius 1 is 1.00 bits per heavy atom. The molecule has 0 aliphatic carbocycles. The number of nitrogens with zero attached hydrogens (tertiary/aromatic N) is 3. The van der Waals surface area contributed by atoms with Gasteiger partial charge in [-0.05, 0) is 25.1 Å². The Balaban J connectivity index is 1.68. The van der Waals surface area contributed by atoms with Gasteiger partial charge in [0.15, 0.2) is 5.78 Å². The monoisotopic (exact) mass is 476 g/mol. The van der Waals surface area contributed by atoms with Gasteiger partial charge < -0.3 is 5.84 Å². The van der Waals surface area contributed by atoms with E-state index in [-0.39, 0.29) is 27.4 Å². The number of hydrazine groups is 1. The Hall–Kier alpha value is -4.35. The van der Waals surface area contributed by atoms with Crippen LogP contribution in [-0.4, -0.2) is 23.7 Å². The Labute approximate surface area is 195 Å². The first-order valence-corrected chi connectivity index (χ1v) is 11.5. The van der Waals surface area contributed by atoms with Crippen LogP contribution in [0, 0.1) is 0 Å². The van der Waals surface area contributed by atoms with Crippen LogP contribution in [0.2, 0.25) is 0 Å². The molecule has 34 heavy (non-hydrogen) atoms. The molecule has 0 bridgehead atoms. The number of carbonyl (C=O) groups excluding carboxylic acids is 1. The van der Waals surface area contributed by atoms with Gasteiger partial charge in [-0.1, -0.05) is 53.8 Å². The minimum atomic E-state index is -4.53. The van der Waals surface area contributed by atoms with Crippen LogP contribution < -0.4 is 16.7 Å². The molecular formula is C23H20N6O4S. The summed E-state index contributed by atoms with van der Waals surface area (Å²) >= 11 is 0. The van der Waals surface area contributed by atoms with Crippen LogP contribution in [-0.2, 0) is 10.1 Å². The quantitative estimate of drug-likeness (QED) is 0.0977. The number of benzene rings is 3. The van der Waals surface area contributed by atoms with E-state index in [1.54, 1.807) is 54.7 Å². The van der Waals surface area contributed by atoms with Crippen molar-refractivity contribution in [2.24, 2.45) is 16.2 Å². The van der Waals surface area contributed by atoms with Crippen molar-refractivity contribution in [1.29, 1.82) is 0 Å². The highest BCUT2D eigenvalue weighted by atomic mass is 32.2. The number of hydrogen-bond acceptors (Lipinski definition) is 8. The second-order valence-electron chi connectivity index (χ2n) is 7.29. The SMILES string of the molecule is CC(=O)c1ccccc1-c1ccc(NNc2cc(S(=O)(=O)O)c3ccccc3c2N=NN)cn1. The maximum atomic E-state index is 12.0. The lowest BCUT2D eigenvalue weighted by Gasteiger charge is -2.15. The highest BCUT2D eigenvalue weighted by Crippen LogP contribution is 2.38. The highest BCUT2D eigenvalue weighted by Gasteiger charge is 2.20. The zero-order chi connectivity index (χ0) is 24.3. The van der Waals surface area contributed by atoms with Crippen LogP contribution in [0.3, 0.4) is 0 Å². The molecule has 0 spiro atoms. The van der Waals surface area contributed by atoms with Crippen LogP contribution in [0.5, 0.6) is 0 Å². The van der Waals surface area contributed by atoms with Crippen molar-refractivity contribution in [2.75, 3.05) is 10.9 Å². The lowest BCUT2D eigenvalue weighted by Crippen LogP contribution is -2.10. The van der Waals surface area contributed by atoms with Gasteiger partial charge in [0.1, 0.15) is 10.6 Å². The predicted molar refractivity (Wildman–Crippen MR) is 129 cm³/mol. The van der Waals surface area contributed by atoms with Crippen molar-refractivity contribution in [3.05, 3.63) is 78.5 Å². The standard InChI is InChI=1S/C23H20N6O4S/c1-14(30)16-6-2-3-7-17(16)20-11-10-15(13-25-20)26-27-21-12-22(34(31,32)33)18-8-4-5-9-19(18)23(21)28-29-24/h2-13,26-27H,1H3,(H2,24,28)(H,31,32,33). The van der Waals surface area contributed by atoms with E-state index in [0.29, 0.717) is 27.9 Å². The Kier molecular flexibility index (Phi) is 6.21. The molecule has 0 aliphatic rings. The minimum Gasteiger partial charge on any atom is -0.305 e. The fourth-order valence-electron chi connectivity index (χ4n) is 3.58. The lowest BCUT2D eigenvalue weighted by atomic mass is 10.0. The highest BCUT2D eigenvalue weighted by molar-refractivity contribution is 7.86. The summed E-state index contributed by atoms with van der Waals surface area (Å²) < 4.78 is 33.7. The van der Waals surface area contributed by atoms with Crippen LogP contribution in [0.4, 0.5) is 17.1 Å². The Morgan fingerprint density at radius 3 is 2.35 bits per heavy atom. The number of carbonyl (C=O) groups is 1. The number of nitrogens with one attached hydrogen (secondary N) is 2. The molecule has 4 aromatic rings. The second kappa shape index (κ2) is 9.25. The summed E-state index contributed by atoms with van der Waals surface area (Å²) in [4.78, 5) is 16.0. The smallest absolute Gasteiger partial charge is 0.295 e. The summed E-state index contributed by atoms with van der Waals surface area (Å²) in [5.74, 6) is 5.20. The summed E-state index contributed by atoms with van der Waals surface area (Å²) in [6.07, 6.45) is 1.55. The number of fused-ring (bicyclic) bond motifs is 1. The molecule has 172 valence electrons. The minimum absolute atomic E-state index is 0.0613. The normalized spacial score (nSPS) is 11.6. The molecule has 0 aliphatic heterocycles. The zero-order valence-corrected chi connectivity index (χ0v) is 18.7. The van der Waals surface area contributed by atoms with Gasteiger partial charge in [-0.2, -0.15) is 8.42 Å².